The third-order valence-electron chi connectivity index (χ3n) is 0.983. The van der Waals surface area contributed by atoms with Gasteiger partial charge in [-0.2, -0.15) is 0 Å². The number of hydrogen-bond donors (Lipinski definition) is 0. The normalized spacial score (nSPS) is 10.5. The van der Waals surface area contributed by atoms with Crippen LogP contribution in [-0.2, 0) is 0 Å². The van der Waals surface area contributed by atoms with E-state index in [1.807, 2.05) is 18.2 Å². The lowest BCUT2D eigenvalue weighted by atomic mass is 10.4. The van der Waals surface area contributed by atoms with Gasteiger partial charge in [-0.15, -0.1) is 11.6 Å². The minimum absolute atomic E-state index is 0.518. The van der Waals surface area contributed by atoms with E-state index in [9.17, 15) is 0 Å². The van der Waals surface area contributed by atoms with Crippen molar-refractivity contribution in [3.05, 3.63) is 30.4 Å². The van der Waals surface area contributed by atoms with Gasteiger partial charge < -0.3 is 0 Å². The summed E-state index contributed by atoms with van der Waals surface area (Å²) in [6.45, 7) is 0. The van der Waals surface area contributed by atoms with Crippen LogP contribution in [0.25, 0.3) is 6.08 Å². The zero-order chi connectivity index (χ0) is 7.23. The number of hydrogen-bond acceptors (Lipinski definition) is 2. The van der Waals surface area contributed by atoms with Crippen molar-refractivity contribution >= 4 is 17.7 Å². The molecule has 0 aliphatic carbocycles. The molecule has 0 saturated carbocycles. The smallest absolute Gasteiger partial charge is 0.115 e. The zero-order valence-electron chi connectivity index (χ0n) is 5.37. The van der Waals surface area contributed by atoms with Gasteiger partial charge in [-0.3, -0.25) is 0 Å². The predicted molar refractivity (Wildman–Crippen MR) is 41.8 cm³/mol. The van der Waals surface area contributed by atoms with E-state index in [4.69, 9.17) is 11.6 Å². The Morgan fingerprint density at radius 2 is 2.50 bits per heavy atom. The molecule has 52 valence electrons. The summed E-state index contributed by atoms with van der Waals surface area (Å²) in [5, 5.41) is 0. The first-order valence-electron chi connectivity index (χ1n) is 2.92. The Labute approximate surface area is 64.6 Å². The lowest BCUT2D eigenvalue weighted by Crippen LogP contribution is -1.79. The molecule has 0 spiro atoms. The van der Waals surface area contributed by atoms with Crippen molar-refractivity contribution in [2.24, 2.45) is 0 Å². The fourth-order valence-corrected chi connectivity index (χ4v) is 0.654. The van der Waals surface area contributed by atoms with Gasteiger partial charge >= 0.3 is 0 Å². The predicted octanol–water partition coefficient (Wildman–Crippen LogP) is 1.73. The fraction of sp³-hybridized carbons (Fsp3) is 0.143. The first-order valence-corrected chi connectivity index (χ1v) is 3.45. The highest BCUT2D eigenvalue weighted by Gasteiger charge is 1.81. The summed E-state index contributed by atoms with van der Waals surface area (Å²) in [5.41, 5.74) is 0.885. The molecule has 3 heteroatoms. The van der Waals surface area contributed by atoms with Crippen LogP contribution in [0.5, 0.6) is 0 Å². The molecule has 0 aliphatic rings. The Morgan fingerprint density at radius 1 is 1.60 bits per heavy atom. The van der Waals surface area contributed by atoms with E-state index < -0.39 is 0 Å². The van der Waals surface area contributed by atoms with Crippen LogP contribution in [0.1, 0.15) is 5.69 Å². The second-order valence-electron chi connectivity index (χ2n) is 1.69. The highest BCUT2D eigenvalue weighted by Crippen LogP contribution is 1.94. The number of allylic oxidation sites excluding steroid dienone is 1. The Kier molecular flexibility index (Phi) is 2.90. The molecular weight excluding hydrogens is 148 g/mol. The standard InChI is InChI=1S/C7H7ClN2/c8-4-1-2-7-3-5-9-6-10-7/h1-3,5-6H,4H2. The third kappa shape index (κ3) is 2.15. The highest BCUT2D eigenvalue weighted by molar-refractivity contribution is 6.19. The lowest BCUT2D eigenvalue weighted by molar-refractivity contribution is 1.15. The largest absolute Gasteiger partial charge is 0.245 e. The van der Waals surface area contributed by atoms with Gasteiger partial charge in [0.05, 0.1) is 5.69 Å². The first-order chi connectivity index (χ1) is 4.93. The maximum atomic E-state index is 5.42. The minimum atomic E-state index is 0.518. The Balaban J connectivity index is 2.67. The molecule has 0 aromatic carbocycles. The maximum absolute atomic E-state index is 5.42. The number of alkyl halides is 1. The molecule has 0 atom stereocenters. The number of aromatic nitrogens is 2. The van der Waals surface area contributed by atoms with E-state index in [0.29, 0.717) is 5.88 Å². The Morgan fingerprint density at radius 3 is 3.10 bits per heavy atom. The first kappa shape index (κ1) is 7.22. The van der Waals surface area contributed by atoms with E-state index in [2.05, 4.69) is 9.97 Å². The average molecular weight is 155 g/mol. The molecule has 0 unspecified atom stereocenters. The topological polar surface area (TPSA) is 25.8 Å². The minimum Gasteiger partial charge on any atom is -0.245 e. The van der Waals surface area contributed by atoms with Gasteiger partial charge in [0.25, 0.3) is 0 Å². The lowest BCUT2D eigenvalue weighted by Gasteiger charge is -1.86. The SMILES string of the molecule is ClCC=Cc1ccncn1. The van der Waals surface area contributed by atoms with Crippen LogP contribution in [0, 0.1) is 0 Å². The van der Waals surface area contributed by atoms with Gasteiger partial charge in [0.2, 0.25) is 0 Å². The summed E-state index contributed by atoms with van der Waals surface area (Å²) < 4.78 is 0. The van der Waals surface area contributed by atoms with Crippen molar-refractivity contribution in [3.8, 4) is 0 Å². The van der Waals surface area contributed by atoms with Crippen molar-refractivity contribution in [2.75, 3.05) is 5.88 Å². The molecule has 1 heterocycles. The molecule has 0 fully saturated rings. The maximum Gasteiger partial charge on any atom is 0.115 e. The van der Waals surface area contributed by atoms with E-state index in [1.54, 1.807) is 6.20 Å². The van der Waals surface area contributed by atoms with Crippen LogP contribution in [-0.4, -0.2) is 15.8 Å². The second kappa shape index (κ2) is 4.01. The molecule has 1 aromatic rings. The number of halogens is 1. The van der Waals surface area contributed by atoms with Crippen LogP contribution >= 0.6 is 11.6 Å². The van der Waals surface area contributed by atoms with Gasteiger partial charge in [0.15, 0.2) is 0 Å². The van der Waals surface area contributed by atoms with Crippen LogP contribution in [0.3, 0.4) is 0 Å². The van der Waals surface area contributed by atoms with Crippen molar-refractivity contribution < 1.29 is 0 Å². The van der Waals surface area contributed by atoms with Gasteiger partial charge in [-0.25, -0.2) is 9.97 Å². The molecule has 0 aliphatic heterocycles. The van der Waals surface area contributed by atoms with Crippen molar-refractivity contribution in [1.82, 2.24) is 9.97 Å². The van der Waals surface area contributed by atoms with E-state index >= 15 is 0 Å². The summed E-state index contributed by atoms with van der Waals surface area (Å²) in [6.07, 6.45) is 6.90. The molecule has 1 aromatic heterocycles. The summed E-state index contributed by atoms with van der Waals surface area (Å²) in [7, 11) is 0. The second-order valence-corrected chi connectivity index (χ2v) is 2.00. The van der Waals surface area contributed by atoms with Gasteiger partial charge in [0.1, 0.15) is 6.33 Å². The molecule has 0 radical (unpaired) electrons. The summed E-state index contributed by atoms with van der Waals surface area (Å²) in [6, 6.07) is 1.82. The average Bonchev–Trinajstić information content (AvgIpc) is 2.03. The fourth-order valence-electron chi connectivity index (χ4n) is 0.565. The van der Waals surface area contributed by atoms with E-state index in [-0.39, 0.29) is 0 Å². The zero-order valence-corrected chi connectivity index (χ0v) is 6.12. The molecule has 0 N–H and O–H groups in total. The molecular formula is C7H7ClN2. The van der Waals surface area contributed by atoms with Crippen LogP contribution in [0.4, 0.5) is 0 Å². The number of nitrogens with zero attached hydrogens (tertiary/aromatic N) is 2. The monoisotopic (exact) mass is 154 g/mol. The molecule has 0 amide bonds. The Bertz CT molecular complexity index is 208. The molecule has 2 nitrogen and oxygen atoms in total. The van der Waals surface area contributed by atoms with E-state index in [0.717, 1.165) is 5.69 Å². The Hall–Kier alpha value is -0.890. The molecule has 0 bridgehead atoms. The van der Waals surface area contributed by atoms with E-state index in [1.165, 1.54) is 6.33 Å². The highest BCUT2D eigenvalue weighted by atomic mass is 35.5. The van der Waals surface area contributed by atoms with Gasteiger partial charge in [-0.05, 0) is 12.1 Å². The molecule has 10 heavy (non-hydrogen) atoms. The van der Waals surface area contributed by atoms with Crippen LogP contribution in [0.2, 0.25) is 0 Å². The molecule has 0 saturated heterocycles. The molecule has 1 rings (SSSR count). The van der Waals surface area contributed by atoms with Crippen LogP contribution in [0.15, 0.2) is 24.7 Å². The summed E-state index contributed by atoms with van der Waals surface area (Å²) in [5.74, 6) is 0.518. The van der Waals surface area contributed by atoms with Crippen LogP contribution < -0.4 is 0 Å². The van der Waals surface area contributed by atoms with Gasteiger partial charge in [0, 0.05) is 12.1 Å². The number of rotatable bonds is 2. The quantitative estimate of drug-likeness (QED) is 0.607. The van der Waals surface area contributed by atoms with Crippen molar-refractivity contribution in [3.63, 3.8) is 0 Å². The third-order valence-corrected chi connectivity index (χ3v) is 1.16. The summed E-state index contributed by atoms with van der Waals surface area (Å²) in [4.78, 5) is 7.74. The summed E-state index contributed by atoms with van der Waals surface area (Å²) >= 11 is 5.42. The van der Waals surface area contributed by atoms with Crippen molar-refractivity contribution in [1.29, 1.82) is 0 Å². The van der Waals surface area contributed by atoms with Gasteiger partial charge in [-0.1, -0.05) is 6.08 Å². The van der Waals surface area contributed by atoms with Crippen molar-refractivity contribution in [2.45, 2.75) is 0 Å².